The van der Waals surface area contributed by atoms with E-state index in [1.54, 1.807) is 24.4 Å². The summed E-state index contributed by atoms with van der Waals surface area (Å²) in [6.07, 6.45) is -2.74. The lowest BCUT2D eigenvalue weighted by atomic mass is 10.1. The van der Waals surface area contributed by atoms with Gasteiger partial charge in [-0.2, -0.15) is 13.2 Å². The van der Waals surface area contributed by atoms with Gasteiger partial charge in [0.15, 0.2) is 5.82 Å². The monoisotopic (exact) mass is 478 g/mol. The maximum absolute atomic E-state index is 13.0. The first-order valence-electron chi connectivity index (χ1n) is 10.9. The maximum atomic E-state index is 13.0. The van der Waals surface area contributed by atoms with Gasteiger partial charge in [-0.15, -0.1) is 10.2 Å². The molecule has 10 heteroatoms. The fourth-order valence-electron chi connectivity index (χ4n) is 4.17. The summed E-state index contributed by atoms with van der Waals surface area (Å²) in [7, 11) is 0. The molecule has 2 aromatic heterocycles. The SMILES string of the molecule is Cc1nnc2n1-c1cc(C(=O)N[C@@H](C)c3ccccn3)ccc1N(c1ccc(C(F)(F)F)cc1)C2. The first kappa shape index (κ1) is 22.6. The Hall–Kier alpha value is -4.21. The zero-order chi connectivity index (χ0) is 24.7. The smallest absolute Gasteiger partial charge is 0.344 e. The van der Waals surface area contributed by atoms with Crippen LogP contribution in [0, 0.1) is 6.92 Å². The molecule has 1 N–H and O–H groups in total. The van der Waals surface area contributed by atoms with Gasteiger partial charge >= 0.3 is 6.18 Å². The fraction of sp³-hybridized carbons (Fsp3) is 0.200. The minimum absolute atomic E-state index is 0.273. The lowest BCUT2D eigenvalue weighted by molar-refractivity contribution is -0.137. The third kappa shape index (κ3) is 4.23. The van der Waals surface area contributed by atoms with Gasteiger partial charge in [0.05, 0.1) is 35.2 Å². The average Bonchev–Trinajstić information content (AvgIpc) is 3.24. The number of hydrogen-bond acceptors (Lipinski definition) is 5. The summed E-state index contributed by atoms with van der Waals surface area (Å²) in [5.74, 6) is 0.993. The number of carbonyl (C=O) groups excluding carboxylic acids is 1. The zero-order valence-electron chi connectivity index (χ0n) is 18.9. The molecule has 35 heavy (non-hydrogen) atoms. The van der Waals surface area contributed by atoms with Crippen molar-refractivity contribution in [3.05, 3.63) is 95.3 Å². The van der Waals surface area contributed by atoms with Crippen molar-refractivity contribution in [3.63, 3.8) is 0 Å². The molecule has 1 amide bonds. The number of nitrogens with zero attached hydrogens (tertiary/aromatic N) is 5. The molecule has 0 aliphatic carbocycles. The van der Waals surface area contributed by atoms with Gasteiger partial charge in [0.25, 0.3) is 5.91 Å². The number of nitrogens with one attached hydrogen (secondary N) is 1. The number of carbonyl (C=O) groups is 1. The molecule has 0 saturated heterocycles. The molecule has 1 atom stereocenters. The van der Waals surface area contributed by atoms with Crippen LogP contribution in [-0.2, 0) is 12.7 Å². The molecule has 0 radical (unpaired) electrons. The standard InChI is InChI=1S/C25H21F3N6O/c1-15(20-5-3-4-12-29-20)30-24(35)17-6-11-21-22(13-17)34-16(2)31-32-23(34)14-33(21)19-9-7-18(8-10-19)25(26,27)28/h3-13,15H,14H2,1-2H3,(H,30,35)/t15-/m0/s1. The number of amides is 1. The quantitative estimate of drug-likeness (QED) is 0.440. The average molecular weight is 478 g/mol. The highest BCUT2D eigenvalue weighted by molar-refractivity contribution is 5.96. The Morgan fingerprint density at radius 2 is 1.80 bits per heavy atom. The summed E-state index contributed by atoms with van der Waals surface area (Å²) in [6.45, 7) is 3.98. The Bertz CT molecular complexity index is 1380. The van der Waals surface area contributed by atoms with Gasteiger partial charge in [-0.05, 0) is 68.4 Å². The Labute approximate surface area is 199 Å². The number of rotatable bonds is 4. The van der Waals surface area contributed by atoms with E-state index in [4.69, 9.17) is 0 Å². The van der Waals surface area contributed by atoms with E-state index in [1.165, 1.54) is 12.1 Å². The van der Waals surface area contributed by atoms with Gasteiger partial charge in [0.1, 0.15) is 5.82 Å². The molecule has 4 aromatic rings. The molecule has 0 fully saturated rings. The lowest BCUT2D eigenvalue weighted by Gasteiger charge is -2.32. The molecule has 5 rings (SSSR count). The Kier molecular flexibility index (Phi) is 5.50. The van der Waals surface area contributed by atoms with E-state index >= 15 is 0 Å². The number of aromatic nitrogens is 4. The summed E-state index contributed by atoms with van der Waals surface area (Å²) in [5.41, 5.74) is 2.43. The van der Waals surface area contributed by atoms with Crippen LogP contribution in [0.2, 0.25) is 0 Å². The van der Waals surface area contributed by atoms with Crippen molar-refractivity contribution in [3.8, 4) is 5.69 Å². The molecule has 0 spiro atoms. The van der Waals surface area contributed by atoms with Crippen LogP contribution >= 0.6 is 0 Å². The van der Waals surface area contributed by atoms with Crippen molar-refractivity contribution in [2.24, 2.45) is 0 Å². The van der Waals surface area contributed by atoms with Crippen LogP contribution < -0.4 is 10.2 Å². The third-order valence-electron chi connectivity index (χ3n) is 5.95. The molecule has 0 saturated carbocycles. The number of fused-ring (bicyclic) bond motifs is 3. The van der Waals surface area contributed by atoms with Gasteiger partial charge in [-0.1, -0.05) is 6.07 Å². The topological polar surface area (TPSA) is 75.9 Å². The summed E-state index contributed by atoms with van der Waals surface area (Å²) >= 11 is 0. The number of hydrogen-bond donors (Lipinski definition) is 1. The second-order valence-corrected chi connectivity index (χ2v) is 8.28. The summed E-state index contributed by atoms with van der Waals surface area (Å²) in [4.78, 5) is 19.2. The molecular formula is C25H21F3N6O. The van der Waals surface area contributed by atoms with E-state index in [0.29, 0.717) is 35.1 Å². The van der Waals surface area contributed by atoms with Gasteiger partial charge in [0.2, 0.25) is 0 Å². The fourth-order valence-corrected chi connectivity index (χ4v) is 4.17. The molecule has 7 nitrogen and oxygen atoms in total. The molecule has 0 unspecified atom stereocenters. The largest absolute Gasteiger partial charge is 0.416 e. The zero-order valence-corrected chi connectivity index (χ0v) is 18.9. The highest BCUT2D eigenvalue weighted by atomic mass is 19.4. The van der Waals surface area contributed by atoms with E-state index in [-0.39, 0.29) is 11.9 Å². The van der Waals surface area contributed by atoms with Crippen LogP contribution in [0.4, 0.5) is 24.5 Å². The van der Waals surface area contributed by atoms with Crippen molar-refractivity contribution in [2.75, 3.05) is 4.90 Å². The van der Waals surface area contributed by atoms with Crippen LogP contribution in [0.5, 0.6) is 0 Å². The molecule has 3 heterocycles. The predicted molar refractivity (Wildman–Crippen MR) is 124 cm³/mol. The second-order valence-electron chi connectivity index (χ2n) is 8.28. The van der Waals surface area contributed by atoms with Crippen molar-refractivity contribution in [1.29, 1.82) is 0 Å². The second kappa shape index (κ2) is 8.53. The van der Waals surface area contributed by atoms with Gasteiger partial charge in [-0.25, -0.2) is 0 Å². The minimum Gasteiger partial charge on any atom is -0.344 e. The van der Waals surface area contributed by atoms with Gasteiger partial charge < -0.3 is 10.2 Å². The van der Waals surface area contributed by atoms with E-state index < -0.39 is 11.7 Å². The molecule has 1 aliphatic heterocycles. The van der Waals surface area contributed by atoms with E-state index in [2.05, 4.69) is 20.5 Å². The number of anilines is 2. The molecule has 0 bridgehead atoms. The van der Waals surface area contributed by atoms with Crippen LogP contribution in [-0.4, -0.2) is 25.7 Å². The Morgan fingerprint density at radius 3 is 2.49 bits per heavy atom. The van der Waals surface area contributed by atoms with Crippen molar-refractivity contribution in [2.45, 2.75) is 32.6 Å². The van der Waals surface area contributed by atoms with Gasteiger partial charge in [-0.3, -0.25) is 14.3 Å². The number of benzene rings is 2. The normalized spacial score (nSPS) is 13.7. The number of aryl methyl sites for hydroxylation is 1. The highest BCUT2D eigenvalue weighted by Crippen LogP contribution is 2.39. The van der Waals surface area contributed by atoms with E-state index in [0.717, 1.165) is 23.5 Å². The Morgan fingerprint density at radius 1 is 1.03 bits per heavy atom. The number of alkyl halides is 3. The first-order chi connectivity index (χ1) is 16.7. The number of pyridine rings is 1. The molecular weight excluding hydrogens is 457 g/mol. The van der Waals surface area contributed by atoms with Gasteiger partial charge in [0, 0.05) is 17.4 Å². The van der Waals surface area contributed by atoms with Crippen LogP contribution in [0.25, 0.3) is 5.69 Å². The number of halogens is 3. The van der Waals surface area contributed by atoms with Crippen LogP contribution in [0.1, 0.15) is 46.2 Å². The third-order valence-corrected chi connectivity index (χ3v) is 5.95. The predicted octanol–water partition coefficient (Wildman–Crippen LogP) is 5.13. The molecule has 1 aliphatic rings. The Balaban J connectivity index is 1.50. The molecule has 178 valence electrons. The highest BCUT2D eigenvalue weighted by Gasteiger charge is 2.31. The van der Waals surface area contributed by atoms with Crippen molar-refractivity contribution in [1.82, 2.24) is 25.1 Å². The van der Waals surface area contributed by atoms with Crippen LogP contribution in [0.15, 0.2) is 66.9 Å². The summed E-state index contributed by atoms with van der Waals surface area (Å²) in [5, 5.41) is 11.3. The minimum atomic E-state index is -4.41. The summed E-state index contributed by atoms with van der Waals surface area (Å²) < 4.78 is 41.0. The van der Waals surface area contributed by atoms with Crippen molar-refractivity contribution < 1.29 is 18.0 Å². The molecule has 2 aromatic carbocycles. The van der Waals surface area contributed by atoms with E-state index in [1.807, 2.05) is 41.5 Å². The van der Waals surface area contributed by atoms with E-state index in [9.17, 15) is 18.0 Å². The lowest BCUT2D eigenvalue weighted by Crippen LogP contribution is -2.29. The first-order valence-corrected chi connectivity index (χ1v) is 10.9. The van der Waals surface area contributed by atoms with Crippen molar-refractivity contribution >= 4 is 17.3 Å². The van der Waals surface area contributed by atoms with Crippen LogP contribution in [0.3, 0.4) is 0 Å². The maximum Gasteiger partial charge on any atom is 0.416 e. The summed E-state index contributed by atoms with van der Waals surface area (Å²) in [6, 6.07) is 15.4.